The van der Waals surface area contributed by atoms with Gasteiger partial charge >= 0.3 is 11.7 Å². The lowest BCUT2D eigenvalue weighted by molar-refractivity contribution is -0.116. The van der Waals surface area contributed by atoms with E-state index in [4.69, 9.17) is 4.42 Å². The Labute approximate surface area is 166 Å². The first-order valence-electron chi connectivity index (χ1n) is 9.52. The number of hydrogen-bond donors (Lipinski definition) is 3. The Morgan fingerprint density at radius 3 is 2.96 bits per heavy atom. The molecule has 148 valence electrons. The van der Waals surface area contributed by atoms with Gasteiger partial charge in [-0.1, -0.05) is 6.42 Å². The zero-order valence-corrected chi connectivity index (χ0v) is 16.4. The van der Waals surface area contributed by atoms with Crippen LogP contribution in [-0.2, 0) is 4.79 Å². The maximum Gasteiger partial charge on any atom is 0.336 e. The van der Waals surface area contributed by atoms with Crippen LogP contribution >= 0.6 is 11.8 Å². The third-order valence-electron chi connectivity index (χ3n) is 5.32. The standard InChI is InChI=1S/C20H23N3O4S/c1-11-8-18(25)27-15-9-12(6-7-13(11)15)21-17(24)5-3-2-4-16-19-14(10-28-16)22-20(26)23-19/h6-9,14,16,19H,2-5,10H2,1H3,(H,21,24)(H2,22,23,26)/t14-,16-,19-/m0/s1. The van der Waals surface area contributed by atoms with Gasteiger partial charge in [0.05, 0.1) is 12.1 Å². The summed E-state index contributed by atoms with van der Waals surface area (Å²) in [5.74, 6) is 0.897. The molecule has 1 aromatic heterocycles. The van der Waals surface area contributed by atoms with Crippen molar-refractivity contribution in [1.29, 1.82) is 0 Å². The molecule has 8 heteroatoms. The van der Waals surface area contributed by atoms with Crippen molar-refractivity contribution in [3.8, 4) is 0 Å². The van der Waals surface area contributed by atoms with Crippen LogP contribution in [0.15, 0.2) is 33.5 Å². The van der Waals surface area contributed by atoms with Gasteiger partial charge < -0.3 is 20.4 Å². The molecule has 2 fully saturated rings. The number of unbranched alkanes of at least 4 members (excludes halogenated alkanes) is 1. The Kier molecular flexibility index (Phi) is 5.30. The average Bonchev–Trinajstić information content (AvgIpc) is 3.17. The number of fused-ring (bicyclic) bond motifs is 2. The van der Waals surface area contributed by atoms with Crippen LogP contribution in [0.2, 0.25) is 0 Å². The van der Waals surface area contributed by atoms with Crippen molar-refractivity contribution in [3.63, 3.8) is 0 Å². The van der Waals surface area contributed by atoms with Crippen LogP contribution in [0.5, 0.6) is 0 Å². The number of benzene rings is 1. The molecule has 3 heterocycles. The molecule has 0 aliphatic carbocycles. The van der Waals surface area contributed by atoms with Gasteiger partial charge in [0, 0.05) is 40.6 Å². The third-order valence-corrected chi connectivity index (χ3v) is 6.82. The number of thioether (sulfide) groups is 1. The van der Waals surface area contributed by atoms with Crippen LogP contribution in [0, 0.1) is 6.92 Å². The normalized spacial score (nSPS) is 23.3. The summed E-state index contributed by atoms with van der Waals surface area (Å²) in [6.45, 7) is 1.86. The number of carbonyl (C=O) groups is 2. The topological polar surface area (TPSA) is 100 Å². The van der Waals surface area contributed by atoms with Gasteiger partial charge in [-0.25, -0.2) is 9.59 Å². The van der Waals surface area contributed by atoms with E-state index >= 15 is 0 Å². The lowest BCUT2D eigenvalue weighted by atomic mass is 10.0. The summed E-state index contributed by atoms with van der Waals surface area (Å²) in [5.41, 5.74) is 1.56. The summed E-state index contributed by atoms with van der Waals surface area (Å²) in [5, 5.41) is 10.1. The van der Waals surface area contributed by atoms with Gasteiger partial charge in [0.2, 0.25) is 5.91 Å². The second-order valence-electron chi connectivity index (χ2n) is 7.38. The van der Waals surface area contributed by atoms with E-state index in [1.54, 1.807) is 6.07 Å². The molecule has 7 nitrogen and oxygen atoms in total. The molecule has 0 unspecified atom stereocenters. The maximum absolute atomic E-state index is 12.2. The fourth-order valence-corrected chi connectivity index (χ4v) is 5.44. The molecule has 1 aromatic carbocycles. The fraction of sp³-hybridized carbons (Fsp3) is 0.450. The van der Waals surface area contributed by atoms with E-state index in [0.717, 1.165) is 36.0 Å². The number of rotatable bonds is 6. The second kappa shape index (κ2) is 7.87. The van der Waals surface area contributed by atoms with Gasteiger partial charge in [-0.3, -0.25) is 4.79 Å². The van der Waals surface area contributed by atoms with Crippen molar-refractivity contribution in [1.82, 2.24) is 10.6 Å². The quantitative estimate of drug-likeness (QED) is 0.393. The van der Waals surface area contributed by atoms with E-state index in [-0.39, 0.29) is 24.0 Å². The van der Waals surface area contributed by atoms with E-state index < -0.39 is 5.63 Å². The van der Waals surface area contributed by atoms with Crippen molar-refractivity contribution in [2.45, 2.75) is 49.9 Å². The number of amides is 3. The first kappa shape index (κ1) is 18.9. The molecule has 2 saturated heterocycles. The molecular weight excluding hydrogens is 378 g/mol. The van der Waals surface area contributed by atoms with Crippen molar-refractivity contribution >= 4 is 40.4 Å². The minimum Gasteiger partial charge on any atom is -0.423 e. The highest BCUT2D eigenvalue weighted by atomic mass is 32.2. The Morgan fingerprint density at radius 2 is 2.11 bits per heavy atom. The highest BCUT2D eigenvalue weighted by Gasteiger charge is 2.42. The van der Waals surface area contributed by atoms with Crippen LogP contribution in [0.4, 0.5) is 10.5 Å². The van der Waals surface area contributed by atoms with Crippen LogP contribution < -0.4 is 21.6 Å². The molecule has 3 atom stereocenters. The number of anilines is 1. The van der Waals surface area contributed by atoms with Crippen molar-refractivity contribution in [2.75, 3.05) is 11.1 Å². The SMILES string of the molecule is Cc1cc(=O)oc2cc(NC(=O)CCCC[C@@H]3SC[C@@H]4NC(=O)N[C@@H]43)ccc12. The van der Waals surface area contributed by atoms with Crippen molar-refractivity contribution in [2.24, 2.45) is 0 Å². The minimum absolute atomic E-state index is 0.0536. The Hall–Kier alpha value is -2.48. The molecule has 2 aromatic rings. The molecule has 0 bridgehead atoms. The largest absolute Gasteiger partial charge is 0.423 e. The predicted molar refractivity (Wildman–Crippen MR) is 110 cm³/mol. The predicted octanol–water partition coefficient (Wildman–Crippen LogP) is 2.77. The average molecular weight is 401 g/mol. The first-order valence-corrected chi connectivity index (χ1v) is 10.6. The molecule has 3 N–H and O–H groups in total. The minimum atomic E-state index is -0.394. The molecule has 0 radical (unpaired) electrons. The molecule has 4 rings (SSSR count). The number of nitrogens with one attached hydrogen (secondary N) is 3. The summed E-state index contributed by atoms with van der Waals surface area (Å²) in [6.07, 6.45) is 3.16. The monoisotopic (exact) mass is 401 g/mol. The highest BCUT2D eigenvalue weighted by molar-refractivity contribution is 8.00. The van der Waals surface area contributed by atoms with Crippen LogP contribution in [0.25, 0.3) is 11.0 Å². The summed E-state index contributed by atoms with van der Waals surface area (Å²) in [6, 6.07) is 7.19. The zero-order chi connectivity index (χ0) is 19.7. The molecule has 0 saturated carbocycles. The van der Waals surface area contributed by atoms with Crippen LogP contribution in [0.1, 0.15) is 31.2 Å². The molecular formula is C20H23N3O4S. The Balaban J connectivity index is 1.25. The molecule has 0 spiro atoms. The van der Waals surface area contributed by atoms with Gasteiger partial charge in [0.25, 0.3) is 0 Å². The second-order valence-corrected chi connectivity index (χ2v) is 8.65. The summed E-state index contributed by atoms with van der Waals surface area (Å²) in [7, 11) is 0. The van der Waals surface area contributed by atoms with E-state index in [2.05, 4.69) is 16.0 Å². The number of hydrogen-bond acceptors (Lipinski definition) is 5. The van der Waals surface area contributed by atoms with E-state index in [1.807, 2.05) is 30.8 Å². The summed E-state index contributed by atoms with van der Waals surface area (Å²) < 4.78 is 5.22. The van der Waals surface area contributed by atoms with Crippen molar-refractivity contribution < 1.29 is 14.0 Å². The zero-order valence-electron chi connectivity index (χ0n) is 15.6. The van der Waals surface area contributed by atoms with Crippen molar-refractivity contribution in [3.05, 3.63) is 40.2 Å². The smallest absolute Gasteiger partial charge is 0.336 e. The highest BCUT2D eigenvalue weighted by Crippen LogP contribution is 2.33. The van der Waals surface area contributed by atoms with Gasteiger partial charge in [-0.05, 0) is 37.5 Å². The van der Waals surface area contributed by atoms with E-state index in [9.17, 15) is 14.4 Å². The van der Waals surface area contributed by atoms with Gasteiger partial charge in [0.15, 0.2) is 0 Å². The van der Waals surface area contributed by atoms with E-state index in [1.165, 1.54) is 6.07 Å². The molecule has 2 aliphatic rings. The first-order chi connectivity index (χ1) is 13.5. The lowest BCUT2D eigenvalue weighted by Crippen LogP contribution is -2.36. The number of urea groups is 1. The number of aryl methyl sites for hydroxylation is 1. The fourth-order valence-electron chi connectivity index (χ4n) is 3.90. The summed E-state index contributed by atoms with van der Waals surface area (Å²) >= 11 is 1.89. The Morgan fingerprint density at radius 1 is 1.25 bits per heavy atom. The van der Waals surface area contributed by atoms with E-state index in [0.29, 0.717) is 22.9 Å². The maximum atomic E-state index is 12.2. The van der Waals surface area contributed by atoms with Gasteiger partial charge in [-0.15, -0.1) is 0 Å². The molecule has 28 heavy (non-hydrogen) atoms. The van der Waals surface area contributed by atoms with Gasteiger partial charge in [-0.2, -0.15) is 11.8 Å². The Bertz CT molecular complexity index is 974. The van der Waals surface area contributed by atoms with Crippen LogP contribution in [0.3, 0.4) is 0 Å². The van der Waals surface area contributed by atoms with Crippen LogP contribution in [-0.4, -0.2) is 35.0 Å². The molecule has 2 aliphatic heterocycles. The number of carbonyl (C=O) groups excluding carboxylic acids is 2. The lowest BCUT2D eigenvalue weighted by Gasteiger charge is -2.16. The summed E-state index contributed by atoms with van der Waals surface area (Å²) in [4.78, 5) is 35.2. The third kappa shape index (κ3) is 4.01. The molecule has 3 amide bonds. The van der Waals surface area contributed by atoms with Gasteiger partial charge in [0.1, 0.15) is 5.58 Å².